The van der Waals surface area contributed by atoms with Crippen LogP contribution in [0.2, 0.25) is 13.1 Å². The van der Waals surface area contributed by atoms with Gasteiger partial charge in [-0.2, -0.15) is 0 Å². The predicted molar refractivity (Wildman–Crippen MR) is 63.4 cm³/mol. The third kappa shape index (κ3) is 1.38. The molecule has 0 radical (unpaired) electrons. The summed E-state index contributed by atoms with van der Waals surface area (Å²) in [5.74, 6) is 0.782. The minimum atomic E-state index is -0.555. The number of hydrogen-bond donors (Lipinski definition) is 0. The van der Waals surface area contributed by atoms with Gasteiger partial charge >= 0.3 is 0 Å². The van der Waals surface area contributed by atoms with Crippen molar-refractivity contribution in [1.82, 2.24) is 0 Å². The summed E-state index contributed by atoms with van der Waals surface area (Å²) in [4.78, 5) is 0. The average molecular weight is 196 g/mol. The Balaban J connectivity index is 3.09. The maximum Gasteiger partial charge on any atom is 0.0606 e. The summed E-state index contributed by atoms with van der Waals surface area (Å²) in [6, 6.07) is 0. The second kappa shape index (κ2) is 3.34. The smallest absolute Gasteiger partial charge is 0.0606 e. The largest absolute Gasteiger partial charge is 0.0752 e. The van der Waals surface area contributed by atoms with E-state index in [0.29, 0.717) is 0 Å². The van der Waals surface area contributed by atoms with Gasteiger partial charge in [0, 0.05) is 10.2 Å². The molecule has 68 valence electrons. The summed E-state index contributed by atoms with van der Waals surface area (Å²) in [5.41, 5.74) is 3.32. The van der Waals surface area contributed by atoms with Gasteiger partial charge in [0.2, 0.25) is 0 Å². The monoisotopic (exact) mass is 196 g/mol. The van der Waals surface area contributed by atoms with E-state index in [1.54, 1.807) is 16.3 Å². The number of hydrogen-bond acceptors (Lipinski definition) is 0. The van der Waals surface area contributed by atoms with Gasteiger partial charge in [-0.15, -0.1) is 0 Å². The molecule has 1 rings (SSSR count). The van der Waals surface area contributed by atoms with Gasteiger partial charge in [0.05, 0.1) is 8.80 Å². The van der Waals surface area contributed by atoms with E-state index in [2.05, 4.69) is 33.9 Å². The third-order valence-corrected chi connectivity index (χ3v) is 7.04. The lowest BCUT2D eigenvalue weighted by Gasteiger charge is -2.15. The molecule has 0 aromatic rings. The van der Waals surface area contributed by atoms with E-state index < -0.39 is 8.80 Å². The molecule has 0 bridgehead atoms. The van der Waals surface area contributed by atoms with E-state index in [0.717, 1.165) is 5.92 Å². The molecule has 0 N–H and O–H groups in total. The standard InChI is InChI=1S/C10H20Si2/c1-6-7(2)10(12(4)5)8(3)9(6)11/h7,12H,1-5,11H3. The van der Waals surface area contributed by atoms with Gasteiger partial charge in [0.15, 0.2) is 0 Å². The van der Waals surface area contributed by atoms with Crippen molar-refractivity contribution >= 4 is 19.0 Å². The molecule has 0 saturated carbocycles. The molecule has 1 atom stereocenters. The second-order valence-corrected chi connectivity index (χ2v) is 8.20. The van der Waals surface area contributed by atoms with Gasteiger partial charge in [0.1, 0.15) is 0 Å². The van der Waals surface area contributed by atoms with Crippen molar-refractivity contribution in [3.63, 3.8) is 0 Å². The van der Waals surface area contributed by atoms with Crippen LogP contribution in [0.15, 0.2) is 21.5 Å². The molecule has 0 amide bonds. The van der Waals surface area contributed by atoms with Crippen LogP contribution in [0, 0.1) is 5.92 Å². The van der Waals surface area contributed by atoms with E-state index in [1.807, 2.05) is 5.20 Å². The molecular formula is C10H20Si2. The zero-order valence-electron chi connectivity index (χ0n) is 9.15. The zero-order chi connectivity index (χ0) is 9.46. The molecule has 1 unspecified atom stereocenters. The normalized spacial score (nSPS) is 25.0. The maximum atomic E-state index is 2.45. The zero-order valence-corrected chi connectivity index (χ0v) is 12.3. The van der Waals surface area contributed by atoms with Crippen molar-refractivity contribution in [3.05, 3.63) is 21.5 Å². The van der Waals surface area contributed by atoms with Crippen LogP contribution in [-0.4, -0.2) is 19.0 Å². The minimum Gasteiger partial charge on any atom is -0.0752 e. The van der Waals surface area contributed by atoms with E-state index in [9.17, 15) is 0 Å². The molecule has 12 heavy (non-hydrogen) atoms. The van der Waals surface area contributed by atoms with Gasteiger partial charge in [0.25, 0.3) is 0 Å². The third-order valence-electron chi connectivity index (χ3n) is 3.33. The highest BCUT2D eigenvalue weighted by molar-refractivity contribution is 6.64. The van der Waals surface area contributed by atoms with Crippen molar-refractivity contribution in [2.45, 2.75) is 33.9 Å². The highest BCUT2D eigenvalue weighted by atomic mass is 28.3. The second-order valence-electron chi connectivity index (χ2n) is 4.26. The minimum absolute atomic E-state index is 0.555. The SMILES string of the molecule is CC1=C([SiH](C)C)C(C)C(C)=C1[SiH3]. The van der Waals surface area contributed by atoms with Crippen LogP contribution in [-0.2, 0) is 0 Å². The van der Waals surface area contributed by atoms with Crippen LogP contribution in [0.25, 0.3) is 0 Å². The Kier molecular flexibility index (Phi) is 2.78. The molecule has 0 spiro atoms. The molecule has 0 aliphatic heterocycles. The highest BCUT2D eigenvalue weighted by Crippen LogP contribution is 2.36. The highest BCUT2D eigenvalue weighted by Gasteiger charge is 2.24. The van der Waals surface area contributed by atoms with Crippen LogP contribution in [0.5, 0.6) is 0 Å². The first-order valence-corrected chi connectivity index (χ1v) is 8.73. The molecule has 0 aromatic heterocycles. The average Bonchev–Trinajstić information content (AvgIpc) is 2.16. The first-order valence-electron chi connectivity index (χ1n) is 4.85. The predicted octanol–water partition coefficient (Wildman–Crippen LogP) is 1.62. The fraction of sp³-hybridized carbons (Fsp3) is 0.600. The Morgan fingerprint density at radius 3 is 1.92 bits per heavy atom. The van der Waals surface area contributed by atoms with E-state index in [4.69, 9.17) is 0 Å². The Morgan fingerprint density at radius 1 is 1.25 bits per heavy atom. The fourth-order valence-electron chi connectivity index (χ4n) is 2.33. The van der Waals surface area contributed by atoms with Crippen molar-refractivity contribution in [3.8, 4) is 0 Å². The summed E-state index contributed by atoms with van der Waals surface area (Å²) in [6.45, 7) is 11.9. The summed E-state index contributed by atoms with van der Waals surface area (Å²) in [7, 11) is 0.681. The topological polar surface area (TPSA) is 0 Å². The van der Waals surface area contributed by atoms with Crippen LogP contribution >= 0.6 is 0 Å². The first kappa shape index (κ1) is 10.00. The molecule has 1 aliphatic rings. The Bertz CT molecular complexity index is 259. The Labute approximate surface area is 80.8 Å². The summed E-state index contributed by atoms with van der Waals surface area (Å²) < 4.78 is 0. The van der Waals surface area contributed by atoms with Gasteiger partial charge in [-0.05, 0) is 19.8 Å². The lowest BCUT2D eigenvalue weighted by atomic mass is 10.1. The molecule has 0 fully saturated rings. The van der Waals surface area contributed by atoms with Crippen molar-refractivity contribution in [1.29, 1.82) is 0 Å². The first-order chi connectivity index (χ1) is 5.46. The molecule has 1 aliphatic carbocycles. The van der Waals surface area contributed by atoms with Crippen molar-refractivity contribution in [2.75, 3.05) is 0 Å². The van der Waals surface area contributed by atoms with Crippen LogP contribution < -0.4 is 0 Å². The van der Waals surface area contributed by atoms with Gasteiger partial charge < -0.3 is 0 Å². The Hall–Kier alpha value is -0.0862. The van der Waals surface area contributed by atoms with E-state index in [-0.39, 0.29) is 0 Å². The fourth-order valence-corrected chi connectivity index (χ4v) is 5.67. The maximum absolute atomic E-state index is 2.45. The number of allylic oxidation sites excluding steroid dienone is 4. The van der Waals surface area contributed by atoms with Crippen LogP contribution in [0.4, 0.5) is 0 Å². The van der Waals surface area contributed by atoms with Gasteiger partial charge in [-0.25, -0.2) is 0 Å². The lowest BCUT2D eigenvalue weighted by Crippen LogP contribution is -2.12. The Morgan fingerprint density at radius 2 is 1.75 bits per heavy atom. The lowest BCUT2D eigenvalue weighted by molar-refractivity contribution is 0.855. The molecule has 0 aromatic carbocycles. The van der Waals surface area contributed by atoms with Crippen molar-refractivity contribution < 1.29 is 0 Å². The van der Waals surface area contributed by atoms with Crippen LogP contribution in [0.3, 0.4) is 0 Å². The summed E-state index contributed by atoms with van der Waals surface area (Å²) >= 11 is 0. The summed E-state index contributed by atoms with van der Waals surface area (Å²) in [6.07, 6.45) is 0. The number of rotatable bonds is 1. The van der Waals surface area contributed by atoms with E-state index >= 15 is 0 Å². The van der Waals surface area contributed by atoms with Crippen molar-refractivity contribution in [2.24, 2.45) is 5.92 Å². The molecule has 0 heterocycles. The molecule has 2 heteroatoms. The van der Waals surface area contributed by atoms with E-state index in [1.165, 1.54) is 10.2 Å². The molecular weight excluding hydrogens is 176 g/mol. The molecule has 0 nitrogen and oxygen atoms in total. The van der Waals surface area contributed by atoms with Gasteiger partial charge in [-0.1, -0.05) is 41.6 Å². The molecule has 0 saturated heterocycles. The summed E-state index contributed by atoms with van der Waals surface area (Å²) in [5, 5.41) is 3.51. The van der Waals surface area contributed by atoms with Crippen LogP contribution in [0.1, 0.15) is 20.8 Å². The van der Waals surface area contributed by atoms with Gasteiger partial charge in [-0.3, -0.25) is 0 Å². The quantitative estimate of drug-likeness (QED) is 0.559.